The Labute approximate surface area is 131 Å². The minimum atomic E-state index is 0.152. The second-order valence-corrected chi connectivity index (χ2v) is 6.54. The first-order valence-electron chi connectivity index (χ1n) is 6.33. The molecule has 0 unspecified atom stereocenters. The van der Waals surface area contributed by atoms with Crippen molar-refractivity contribution in [1.82, 2.24) is 0 Å². The quantitative estimate of drug-likeness (QED) is 0.736. The number of hydrogen-bond donors (Lipinski definition) is 0. The van der Waals surface area contributed by atoms with E-state index in [1.54, 1.807) is 28.4 Å². The summed E-state index contributed by atoms with van der Waals surface area (Å²) in [7, 11) is 6.52. The van der Waals surface area contributed by atoms with E-state index in [0.29, 0.717) is 17.2 Å². The van der Waals surface area contributed by atoms with Crippen molar-refractivity contribution in [3.63, 3.8) is 0 Å². The molecular formula is C16H18O4Se. The van der Waals surface area contributed by atoms with E-state index in [1.165, 1.54) is 4.46 Å². The number of methoxy groups -OCH3 is 4. The van der Waals surface area contributed by atoms with Gasteiger partial charge < -0.3 is 0 Å². The molecule has 112 valence electrons. The third kappa shape index (κ3) is 3.63. The van der Waals surface area contributed by atoms with Gasteiger partial charge in [0.2, 0.25) is 0 Å². The zero-order chi connectivity index (χ0) is 15.2. The molecule has 5 heteroatoms. The van der Waals surface area contributed by atoms with Crippen molar-refractivity contribution >= 4 is 23.9 Å². The predicted molar refractivity (Wildman–Crippen MR) is 84.1 cm³/mol. The van der Waals surface area contributed by atoms with Gasteiger partial charge in [-0.1, -0.05) is 0 Å². The van der Waals surface area contributed by atoms with Crippen molar-refractivity contribution in [2.24, 2.45) is 0 Å². The molecule has 0 aromatic heterocycles. The molecule has 2 aromatic carbocycles. The molecule has 0 atom stereocenters. The fraction of sp³-hybridized carbons (Fsp3) is 0.250. The first-order chi connectivity index (χ1) is 10.2. The third-order valence-electron chi connectivity index (χ3n) is 2.93. The van der Waals surface area contributed by atoms with Crippen LogP contribution in [-0.4, -0.2) is 43.4 Å². The standard InChI is InChI=1S/C16H18O4Se/c1-17-11-5-7-12(8-6-11)21-13-9-14(18-2)16(20-4)15(10-13)19-3/h5-10H,1-4H3. The topological polar surface area (TPSA) is 36.9 Å². The van der Waals surface area contributed by atoms with Gasteiger partial charge in [-0.25, -0.2) is 0 Å². The molecule has 4 nitrogen and oxygen atoms in total. The fourth-order valence-electron chi connectivity index (χ4n) is 1.90. The summed E-state index contributed by atoms with van der Waals surface area (Å²) in [6.07, 6.45) is 0. The summed E-state index contributed by atoms with van der Waals surface area (Å²) < 4.78 is 23.7. The molecule has 0 bridgehead atoms. The van der Waals surface area contributed by atoms with Gasteiger partial charge in [0.25, 0.3) is 0 Å². The van der Waals surface area contributed by atoms with Crippen LogP contribution in [0, 0.1) is 0 Å². The van der Waals surface area contributed by atoms with Crippen molar-refractivity contribution < 1.29 is 18.9 Å². The first-order valence-corrected chi connectivity index (χ1v) is 8.05. The average Bonchev–Trinajstić information content (AvgIpc) is 2.54. The third-order valence-corrected chi connectivity index (χ3v) is 4.99. The van der Waals surface area contributed by atoms with Gasteiger partial charge in [0.05, 0.1) is 0 Å². The van der Waals surface area contributed by atoms with Crippen LogP contribution >= 0.6 is 0 Å². The summed E-state index contributed by atoms with van der Waals surface area (Å²) in [6.45, 7) is 0. The summed E-state index contributed by atoms with van der Waals surface area (Å²) >= 11 is 0.152. The van der Waals surface area contributed by atoms with Crippen molar-refractivity contribution in [3.05, 3.63) is 36.4 Å². The molecule has 2 aromatic rings. The SMILES string of the molecule is COc1ccc([Se]c2cc(OC)c(OC)c(OC)c2)cc1. The first kappa shape index (κ1) is 15.5. The van der Waals surface area contributed by atoms with E-state index in [9.17, 15) is 0 Å². The fourth-order valence-corrected chi connectivity index (χ4v) is 3.73. The van der Waals surface area contributed by atoms with Gasteiger partial charge in [-0.2, -0.15) is 0 Å². The molecule has 0 saturated carbocycles. The van der Waals surface area contributed by atoms with Crippen molar-refractivity contribution in [2.75, 3.05) is 28.4 Å². The summed E-state index contributed by atoms with van der Waals surface area (Å²) in [5.41, 5.74) is 0. The maximum absolute atomic E-state index is 5.38. The minimum absolute atomic E-state index is 0.152. The number of rotatable bonds is 6. The zero-order valence-corrected chi connectivity index (χ0v) is 14.2. The van der Waals surface area contributed by atoms with E-state index in [2.05, 4.69) is 12.1 Å². The van der Waals surface area contributed by atoms with Crippen LogP contribution < -0.4 is 27.9 Å². The predicted octanol–water partition coefficient (Wildman–Crippen LogP) is 1.38. The summed E-state index contributed by atoms with van der Waals surface area (Å²) in [6, 6.07) is 12.1. The Morgan fingerprint density at radius 2 is 1.24 bits per heavy atom. The molecule has 2 rings (SSSR count). The van der Waals surface area contributed by atoms with Crippen LogP contribution in [0.2, 0.25) is 0 Å². The molecule has 0 radical (unpaired) electrons. The van der Waals surface area contributed by atoms with Crippen LogP contribution in [0.4, 0.5) is 0 Å². The Bertz CT molecular complexity index is 571. The van der Waals surface area contributed by atoms with Crippen molar-refractivity contribution in [2.45, 2.75) is 0 Å². The number of benzene rings is 2. The summed E-state index contributed by atoms with van der Waals surface area (Å²) in [4.78, 5) is 0. The Morgan fingerprint density at radius 3 is 1.67 bits per heavy atom. The van der Waals surface area contributed by atoms with Crippen LogP contribution in [0.15, 0.2) is 36.4 Å². The molecule has 0 saturated heterocycles. The van der Waals surface area contributed by atoms with Crippen LogP contribution in [0.3, 0.4) is 0 Å². The van der Waals surface area contributed by atoms with Gasteiger partial charge in [0, 0.05) is 0 Å². The molecule has 21 heavy (non-hydrogen) atoms. The van der Waals surface area contributed by atoms with Gasteiger partial charge in [-0.15, -0.1) is 0 Å². The van der Waals surface area contributed by atoms with Crippen LogP contribution in [0.5, 0.6) is 23.0 Å². The van der Waals surface area contributed by atoms with Gasteiger partial charge in [0.15, 0.2) is 0 Å². The molecule has 0 amide bonds. The molecule has 0 heterocycles. The molecule has 0 aliphatic carbocycles. The van der Waals surface area contributed by atoms with Crippen molar-refractivity contribution in [1.29, 1.82) is 0 Å². The normalized spacial score (nSPS) is 10.1. The second kappa shape index (κ2) is 7.25. The Hall–Kier alpha value is -1.84. The summed E-state index contributed by atoms with van der Waals surface area (Å²) in [5.74, 6) is 2.85. The summed E-state index contributed by atoms with van der Waals surface area (Å²) in [5, 5.41) is 0. The molecule has 0 fully saturated rings. The van der Waals surface area contributed by atoms with E-state index in [-0.39, 0.29) is 15.0 Å². The molecular weight excluding hydrogens is 335 g/mol. The average molecular weight is 353 g/mol. The maximum atomic E-state index is 5.38. The Balaban J connectivity index is 2.30. The molecule has 0 aliphatic heterocycles. The molecule has 0 N–H and O–H groups in total. The second-order valence-electron chi connectivity index (χ2n) is 4.14. The van der Waals surface area contributed by atoms with Gasteiger partial charge in [-0.3, -0.25) is 0 Å². The van der Waals surface area contributed by atoms with Gasteiger partial charge in [-0.05, 0) is 0 Å². The van der Waals surface area contributed by atoms with Gasteiger partial charge in [0.1, 0.15) is 0 Å². The Kier molecular flexibility index (Phi) is 5.37. The van der Waals surface area contributed by atoms with Gasteiger partial charge >= 0.3 is 131 Å². The van der Waals surface area contributed by atoms with E-state index in [0.717, 1.165) is 10.2 Å². The van der Waals surface area contributed by atoms with Crippen LogP contribution in [0.25, 0.3) is 0 Å². The Morgan fingerprint density at radius 1 is 0.667 bits per heavy atom. The van der Waals surface area contributed by atoms with Crippen molar-refractivity contribution in [3.8, 4) is 23.0 Å². The number of hydrogen-bond acceptors (Lipinski definition) is 4. The van der Waals surface area contributed by atoms with E-state index < -0.39 is 0 Å². The monoisotopic (exact) mass is 354 g/mol. The van der Waals surface area contributed by atoms with E-state index >= 15 is 0 Å². The van der Waals surface area contributed by atoms with E-state index in [1.807, 2.05) is 24.3 Å². The molecule has 0 aliphatic rings. The van der Waals surface area contributed by atoms with Crippen LogP contribution in [0.1, 0.15) is 0 Å². The van der Waals surface area contributed by atoms with E-state index in [4.69, 9.17) is 18.9 Å². The molecule has 0 spiro atoms. The zero-order valence-electron chi connectivity index (χ0n) is 12.5. The number of ether oxygens (including phenoxy) is 4. The van der Waals surface area contributed by atoms with Crippen LogP contribution in [-0.2, 0) is 0 Å².